The lowest BCUT2D eigenvalue weighted by molar-refractivity contribution is -0.385. The van der Waals surface area contributed by atoms with Crippen molar-refractivity contribution in [2.24, 2.45) is 0 Å². The number of benzene rings is 1. The van der Waals surface area contributed by atoms with Gasteiger partial charge < -0.3 is 9.64 Å². The summed E-state index contributed by atoms with van der Waals surface area (Å²) in [4.78, 5) is 25.9. The Hall–Kier alpha value is -2.15. The largest absolute Gasteiger partial charge is 0.468 e. The van der Waals surface area contributed by atoms with Crippen LogP contribution in [0.2, 0.25) is 0 Å². The van der Waals surface area contributed by atoms with Crippen LogP contribution >= 0.6 is 0 Å². The normalized spacial score (nSPS) is 15.8. The van der Waals surface area contributed by atoms with Crippen molar-refractivity contribution in [3.8, 4) is 0 Å². The van der Waals surface area contributed by atoms with Crippen molar-refractivity contribution in [3.05, 3.63) is 33.9 Å². The first-order valence-corrected chi connectivity index (χ1v) is 6.80. The molecule has 0 aromatic heterocycles. The molecule has 0 bridgehead atoms. The van der Waals surface area contributed by atoms with Crippen molar-refractivity contribution < 1.29 is 14.5 Å². The monoisotopic (exact) mass is 293 g/mol. The summed E-state index contributed by atoms with van der Waals surface area (Å²) in [6.07, 6.45) is 0. The van der Waals surface area contributed by atoms with E-state index in [-0.39, 0.29) is 16.6 Å². The number of nitro groups is 1. The zero-order valence-electron chi connectivity index (χ0n) is 12.2. The molecule has 1 aromatic rings. The summed E-state index contributed by atoms with van der Waals surface area (Å²) in [7, 11) is 1.39. The van der Waals surface area contributed by atoms with Gasteiger partial charge in [-0.2, -0.15) is 0 Å². The second-order valence-electron chi connectivity index (χ2n) is 5.07. The molecular formula is C14H19N3O4. The quantitative estimate of drug-likeness (QED) is 0.471. The van der Waals surface area contributed by atoms with Crippen molar-refractivity contribution in [3.63, 3.8) is 0 Å². The molecule has 0 unspecified atom stereocenters. The van der Waals surface area contributed by atoms with Crippen LogP contribution in [0.1, 0.15) is 5.56 Å². The van der Waals surface area contributed by atoms with Crippen LogP contribution in [-0.4, -0.2) is 55.6 Å². The third-order valence-corrected chi connectivity index (χ3v) is 3.69. The van der Waals surface area contributed by atoms with Gasteiger partial charge in [0.2, 0.25) is 0 Å². The molecule has 21 heavy (non-hydrogen) atoms. The molecule has 0 amide bonds. The van der Waals surface area contributed by atoms with Gasteiger partial charge in [0.25, 0.3) is 5.69 Å². The van der Waals surface area contributed by atoms with Gasteiger partial charge in [0, 0.05) is 43.5 Å². The first kappa shape index (κ1) is 15.2. The van der Waals surface area contributed by atoms with Crippen molar-refractivity contribution in [2.45, 2.75) is 6.92 Å². The van der Waals surface area contributed by atoms with Crippen LogP contribution in [0, 0.1) is 17.0 Å². The van der Waals surface area contributed by atoms with Crippen molar-refractivity contribution >= 4 is 17.3 Å². The van der Waals surface area contributed by atoms with Crippen LogP contribution in [0.5, 0.6) is 0 Å². The molecule has 1 saturated heterocycles. The molecule has 1 aromatic carbocycles. The van der Waals surface area contributed by atoms with Gasteiger partial charge in [0.05, 0.1) is 18.6 Å². The van der Waals surface area contributed by atoms with Gasteiger partial charge >= 0.3 is 5.97 Å². The molecule has 1 aliphatic heterocycles. The maximum atomic E-state index is 11.2. The zero-order valence-corrected chi connectivity index (χ0v) is 12.2. The molecule has 0 saturated carbocycles. The Morgan fingerprint density at radius 2 is 2.00 bits per heavy atom. The van der Waals surface area contributed by atoms with Crippen molar-refractivity contribution in [1.29, 1.82) is 0 Å². The van der Waals surface area contributed by atoms with Crippen molar-refractivity contribution in [1.82, 2.24) is 4.90 Å². The van der Waals surface area contributed by atoms with Crippen LogP contribution in [-0.2, 0) is 9.53 Å². The predicted octanol–water partition coefficient (Wildman–Crippen LogP) is 1.20. The van der Waals surface area contributed by atoms with Gasteiger partial charge in [-0.25, -0.2) is 0 Å². The van der Waals surface area contributed by atoms with Gasteiger partial charge in [-0.05, 0) is 19.1 Å². The zero-order chi connectivity index (χ0) is 15.4. The third kappa shape index (κ3) is 3.69. The molecular weight excluding hydrogens is 274 g/mol. The summed E-state index contributed by atoms with van der Waals surface area (Å²) in [6, 6.07) is 5.17. The number of hydrogen-bond donors (Lipinski definition) is 0. The van der Waals surface area contributed by atoms with Crippen LogP contribution in [0.25, 0.3) is 0 Å². The number of hydrogen-bond acceptors (Lipinski definition) is 6. The first-order chi connectivity index (χ1) is 10.0. The van der Waals surface area contributed by atoms with E-state index in [0.717, 1.165) is 31.9 Å². The Kier molecular flexibility index (Phi) is 4.74. The molecule has 0 aliphatic carbocycles. The Labute approximate surface area is 123 Å². The average Bonchev–Trinajstić information content (AvgIpc) is 2.47. The molecule has 0 N–H and O–H groups in total. The van der Waals surface area contributed by atoms with E-state index in [2.05, 4.69) is 9.64 Å². The number of nitrogens with zero attached hydrogens (tertiary/aromatic N) is 3. The highest BCUT2D eigenvalue weighted by Crippen LogP contribution is 2.24. The fourth-order valence-electron chi connectivity index (χ4n) is 2.45. The Bertz CT molecular complexity index is 539. The molecule has 7 nitrogen and oxygen atoms in total. The minimum atomic E-state index is -0.368. The number of aryl methyl sites for hydroxylation is 1. The summed E-state index contributed by atoms with van der Waals surface area (Å²) in [5.74, 6) is -0.227. The Balaban J connectivity index is 1.97. The standard InChI is InChI=1S/C14H19N3O4/c1-11-9-12(3-4-13(11)17(19)20)16-7-5-15(6-8-16)10-14(18)21-2/h3-4,9H,5-8,10H2,1-2H3. The lowest BCUT2D eigenvalue weighted by atomic mass is 10.1. The van der Waals surface area contributed by atoms with E-state index in [4.69, 9.17) is 0 Å². The second kappa shape index (κ2) is 6.53. The Morgan fingerprint density at radius 3 is 2.52 bits per heavy atom. The number of nitro benzene ring substituents is 1. The van der Waals surface area contributed by atoms with Crippen LogP contribution in [0.3, 0.4) is 0 Å². The summed E-state index contributed by atoms with van der Waals surface area (Å²) in [5, 5.41) is 10.8. The molecule has 0 radical (unpaired) electrons. The number of esters is 1. The van der Waals surface area contributed by atoms with E-state index in [0.29, 0.717) is 12.1 Å². The van der Waals surface area contributed by atoms with Crippen LogP contribution in [0.15, 0.2) is 18.2 Å². The lowest BCUT2D eigenvalue weighted by Crippen LogP contribution is -2.48. The minimum Gasteiger partial charge on any atom is -0.468 e. The molecule has 0 atom stereocenters. The highest BCUT2D eigenvalue weighted by Gasteiger charge is 2.20. The lowest BCUT2D eigenvalue weighted by Gasteiger charge is -2.35. The van der Waals surface area contributed by atoms with Gasteiger partial charge in [-0.1, -0.05) is 0 Å². The maximum Gasteiger partial charge on any atom is 0.319 e. The number of ether oxygens (including phenoxy) is 1. The second-order valence-corrected chi connectivity index (χ2v) is 5.07. The molecule has 2 rings (SSSR count). The van der Waals surface area contributed by atoms with Gasteiger partial charge in [0.15, 0.2) is 0 Å². The minimum absolute atomic E-state index is 0.142. The summed E-state index contributed by atoms with van der Waals surface area (Å²) in [6.45, 7) is 5.16. The fourth-order valence-corrected chi connectivity index (χ4v) is 2.45. The summed E-state index contributed by atoms with van der Waals surface area (Å²) < 4.78 is 4.66. The topological polar surface area (TPSA) is 75.9 Å². The number of piperazine rings is 1. The highest BCUT2D eigenvalue weighted by atomic mass is 16.6. The predicted molar refractivity (Wildman–Crippen MR) is 78.5 cm³/mol. The maximum absolute atomic E-state index is 11.2. The van der Waals surface area contributed by atoms with Crippen LogP contribution < -0.4 is 4.90 Å². The molecule has 0 spiro atoms. The molecule has 114 valence electrons. The van der Waals surface area contributed by atoms with E-state index in [1.807, 2.05) is 11.0 Å². The van der Waals surface area contributed by atoms with E-state index >= 15 is 0 Å². The Morgan fingerprint density at radius 1 is 1.33 bits per heavy atom. The van der Waals surface area contributed by atoms with E-state index in [1.165, 1.54) is 7.11 Å². The third-order valence-electron chi connectivity index (χ3n) is 3.69. The van der Waals surface area contributed by atoms with Gasteiger partial charge in [-0.15, -0.1) is 0 Å². The van der Waals surface area contributed by atoms with E-state index in [1.54, 1.807) is 19.1 Å². The number of rotatable bonds is 4. The van der Waals surface area contributed by atoms with E-state index in [9.17, 15) is 14.9 Å². The van der Waals surface area contributed by atoms with Crippen molar-refractivity contribution in [2.75, 3.05) is 44.7 Å². The molecule has 1 aliphatic rings. The average molecular weight is 293 g/mol. The SMILES string of the molecule is COC(=O)CN1CCN(c2ccc([N+](=O)[O-])c(C)c2)CC1. The smallest absolute Gasteiger partial charge is 0.319 e. The summed E-state index contributed by atoms with van der Waals surface area (Å²) >= 11 is 0. The highest BCUT2D eigenvalue weighted by molar-refractivity contribution is 5.71. The molecule has 1 fully saturated rings. The van der Waals surface area contributed by atoms with Crippen LogP contribution in [0.4, 0.5) is 11.4 Å². The number of methoxy groups -OCH3 is 1. The molecule has 1 heterocycles. The number of carbonyl (C=O) groups is 1. The number of anilines is 1. The number of carbonyl (C=O) groups excluding carboxylic acids is 1. The van der Waals surface area contributed by atoms with Gasteiger partial charge in [0.1, 0.15) is 0 Å². The molecule has 7 heteroatoms. The first-order valence-electron chi connectivity index (χ1n) is 6.80. The van der Waals surface area contributed by atoms with Gasteiger partial charge in [-0.3, -0.25) is 19.8 Å². The summed E-state index contributed by atoms with van der Waals surface area (Å²) in [5.41, 5.74) is 1.79. The van der Waals surface area contributed by atoms with E-state index < -0.39 is 0 Å². The fraction of sp³-hybridized carbons (Fsp3) is 0.500.